The highest BCUT2D eigenvalue weighted by Gasteiger charge is 2.37. The van der Waals surface area contributed by atoms with E-state index in [1.54, 1.807) is 36.5 Å². The van der Waals surface area contributed by atoms with Crippen molar-refractivity contribution in [3.63, 3.8) is 0 Å². The molecular formula is C19H21Cl2NO2S. The van der Waals surface area contributed by atoms with E-state index in [0.717, 1.165) is 30.6 Å². The van der Waals surface area contributed by atoms with Crippen LogP contribution in [0.2, 0.25) is 10.0 Å². The Morgan fingerprint density at radius 1 is 1.24 bits per heavy atom. The summed E-state index contributed by atoms with van der Waals surface area (Å²) in [4.78, 5) is 14.7. The van der Waals surface area contributed by atoms with E-state index in [4.69, 9.17) is 23.2 Å². The number of hydrogen-bond donors (Lipinski definition) is 2. The molecular weight excluding hydrogens is 377 g/mol. The van der Waals surface area contributed by atoms with Crippen LogP contribution >= 0.6 is 34.5 Å². The molecule has 1 heterocycles. The third-order valence-electron chi connectivity index (χ3n) is 4.83. The fourth-order valence-electron chi connectivity index (χ4n) is 3.46. The van der Waals surface area contributed by atoms with Crippen molar-refractivity contribution in [1.82, 2.24) is 5.32 Å². The molecule has 1 saturated carbocycles. The first-order chi connectivity index (χ1) is 11.9. The SMILES string of the molecule is CC(O)c1ccc(C2(CNC(=O)c3cc(Cl)cc(Cl)c3)CCCC2)s1. The molecule has 1 unspecified atom stereocenters. The number of thiophene rings is 1. The second-order valence-corrected chi connectivity index (χ2v) is 8.69. The zero-order chi connectivity index (χ0) is 18.0. The predicted octanol–water partition coefficient (Wildman–Crippen LogP) is 5.35. The number of nitrogens with one attached hydrogen (secondary N) is 1. The van der Waals surface area contributed by atoms with Gasteiger partial charge in [0.2, 0.25) is 0 Å². The number of benzene rings is 1. The average Bonchev–Trinajstić information content (AvgIpc) is 3.21. The van der Waals surface area contributed by atoms with Crippen LogP contribution in [0, 0.1) is 0 Å². The van der Waals surface area contributed by atoms with Crippen LogP contribution in [0.15, 0.2) is 30.3 Å². The second-order valence-electron chi connectivity index (χ2n) is 6.71. The Balaban J connectivity index is 1.76. The molecule has 1 aliphatic carbocycles. The lowest BCUT2D eigenvalue weighted by Gasteiger charge is -2.28. The monoisotopic (exact) mass is 397 g/mol. The number of aliphatic hydroxyl groups excluding tert-OH is 1. The first kappa shape index (κ1) is 18.7. The van der Waals surface area contributed by atoms with Gasteiger partial charge in [-0.05, 0) is 50.1 Å². The third-order valence-corrected chi connectivity index (χ3v) is 6.77. The third kappa shape index (κ3) is 4.20. The maximum absolute atomic E-state index is 12.5. The zero-order valence-electron chi connectivity index (χ0n) is 14.0. The number of halogens is 2. The fourth-order valence-corrected chi connectivity index (χ4v) is 5.18. The molecule has 1 atom stereocenters. The van der Waals surface area contributed by atoms with Crippen molar-refractivity contribution in [2.24, 2.45) is 0 Å². The molecule has 2 aromatic rings. The molecule has 1 aliphatic rings. The van der Waals surface area contributed by atoms with Crippen LogP contribution in [0.3, 0.4) is 0 Å². The van der Waals surface area contributed by atoms with Gasteiger partial charge in [0.05, 0.1) is 6.10 Å². The first-order valence-corrected chi connectivity index (χ1v) is 9.99. The summed E-state index contributed by atoms with van der Waals surface area (Å²) in [6.45, 7) is 2.36. The topological polar surface area (TPSA) is 49.3 Å². The summed E-state index contributed by atoms with van der Waals surface area (Å²) in [6.07, 6.45) is 3.94. The molecule has 2 N–H and O–H groups in total. The highest BCUT2D eigenvalue weighted by atomic mass is 35.5. The highest BCUT2D eigenvalue weighted by Crippen LogP contribution is 2.44. The number of rotatable bonds is 5. The second kappa shape index (κ2) is 7.67. The van der Waals surface area contributed by atoms with Crippen molar-refractivity contribution >= 4 is 40.4 Å². The molecule has 3 rings (SSSR count). The van der Waals surface area contributed by atoms with Crippen molar-refractivity contribution in [3.05, 3.63) is 55.7 Å². The predicted molar refractivity (Wildman–Crippen MR) is 104 cm³/mol. The van der Waals surface area contributed by atoms with E-state index >= 15 is 0 Å². The molecule has 1 amide bonds. The van der Waals surface area contributed by atoms with Crippen LogP contribution in [-0.4, -0.2) is 17.6 Å². The normalized spacial score (nSPS) is 17.4. The summed E-state index contributed by atoms with van der Waals surface area (Å²) >= 11 is 13.6. The van der Waals surface area contributed by atoms with Crippen molar-refractivity contribution in [2.45, 2.75) is 44.1 Å². The minimum absolute atomic E-state index is 0.0458. The molecule has 0 aliphatic heterocycles. The lowest BCUT2D eigenvalue weighted by Crippen LogP contribution is -2.38. The molecule has 0 saturated heterocycles. The summed E-state index contributed by atoms with van der Waals surface area (Å²) in [6, 6.07) is 8.95. The van der Waals surface area contributed by atoms with Crippen LogP contribution in [0.1, 0.15) is 58.8 Å². The largest absolute Gasteiger partial charge is 0.388 e. The van der Waals surface area contributed by atoms with E-state index < -0.39 is 6.10 Å². The van der Waals surface area contributed by atoms with Crippen LogP contribution < -0.4 is 5.32 Å². The van der Waals surface area contributed by atoms with Gasteiger partial charge in [0.15, 0.2) is 0 Å². The number of hydrogen-bond acceptors (Lipinski definition) is 3. The number of aliphatic hydroxyl groups is 1. The molecule has 134 valence electrons. The summed E-state index contributed by atoms with van der Waals surface area (Å²) in [5, 5.41) is 13.8. The van der Waals surface area contributed by atoms with E-state index in [-0.39, 0.29) is 11.3 Å². The summed E-state index contributed by atoms with van der Waals surface area (Å²) in [5.74, 6) is -0.164. The minimum atomic E-state index is -0.458. The van der Waals surface area contributed by atoms with Gasteiger partial charge in [0, 0.05) is 37.3 Å². The summed E-state index contributed by atoms with van der Waals surface area (Å²) in [7, 11) is 0. The van der Waals surface area contributed by atoms with Crippen LogP contribution in [0.25, 0.3) is 0 Å². The van der Waals surface area contributed by atoms with Crippen LogP contribution in [0.4, 0.5) is 0 Å². The fraction of sp³-hybridized carbons (Fsp3) is 0.421. The molecule has 3 nitrogen and oxygen atoms in total. The highest BCUT2D eigenvalue weighted by molar-refractivity contribution is 7.12. The van der Waals surface area contributed by atoms with Gasteiger partial charge >= 0.3 is 0 Å². The van der Waals surface area contributed by atoms with Crippen molar-refractivity contribution in [3.8, 4) is 0 Å². The molecule has 0 spiro atoms. The van der Waals surface area contributed by atoms with Crippen LogP contribution in [0.5, 0.6) is 0 Å². The Morgan fingerprint density at radius 2 is 1.88 bits per heavy atom. The molecule has 1 aromatic carbocycles. The maximum Gasteiger partial charge on any atom is 0.251 e. The zero-order valence-corrected chi connectivity index (χ0v) is 16.3. The van der Waals surface area contributed by atoms with Crippen LogP contribution in [-0.2, 0) is 5.41 Å². The number of carbonyl (C=O) groups is 1. The quantitative estimate of drug-likeness (QED) is 0.713. The Kier molecular flexibility index (Phi) is 5.74. The Bertz CT molecular complexity index is 746. The Labute approximate surface area is 162 Å². The van der Waals surface area contributed by atoms with Gasteiger partial charge in [0.1, 0.15) is 0 Å². The van der Waals surface area contributed by atoms with E-state index in [0.29, 0.717) is 22.2 Å². The summed E-state index contributed by atoms with van der Waals surface area (Å²) in [5.41, 5.74) is 0.428. The van der Waals surface area contributed by atoms with E-state index in [1.807, 2.05) is 6.07 Å². The molecule has 0 bridgehead atoms. The number of carbonyl (C=O) groups excluding carboxylic acids is 1. The molecule has 0 radical (unpaired) electrons. The van der Waals surface area contributed by atoms with Crippen molar-refractivity contribution < 1.29 is 9.90 Å². The van der Waals surface area contributed by atoms with Gasteiger partial charge in [0.25, 0.3) is 5.91 Å². The average molecular weight is 398 g/mol. The minimum Gasteiger partial charge on any atom is -0.388 e. The number of amides is 1. The smallest absolute Gasteiger partial charge is 0.251 e. The van der Waals surface area contributed by atoms with E-state index in [9.17, 15) is 9.90 Å². The lowest BCUT2D eigenvalue weighted by atomic mass is 9.84. The standard InChI is InChI=1S/C19H21Cl2NO2S/c1-12(23)16-4-5-17(25-16)19(6-2-3-7-19)11-22-18(24)13-8-14(20)10-15(21)9-13/h4-5,8-10,12,23H,2-3,6-7,11H2,1H3,(H,22,24). The van der Waals surface area contributed by atoms with Gasteiger partial charge in [-0.25, -0.2) is 0 Å². The molecule has 6 heteroatoms. The van der Waals surface area contributed by atoms with Gasteiger partial charge in [-0.1, -0.05) is 36.0 Å². The first-order valence-electron chi connectivity index (χ1n) is 8.42. The lowest BCUT2D eigenvalue weighted by molar-refractivity contribution is 0.0943. The van der Waals surface area contributed by atoms with E-state index in [1.165, 1.54) is 4.88 Å². The van der Waals surface area contributed by atoms with Crippen molar-refractivity contribution in [1.29, 1.82) is 0 Å². The molecule has 25 heavy (non-hydrogen) atoms. The van der Waals surface area contributed by atoms with E-state index in [2.05, 4.69) is 11.4 Å². The van der Waals surface area contributed by atoms with Gasteiger partial charge in [-0.15, -0.1) is 11.3 Å². The van der Waals surface area contributed by atoms with Gasteiger partial charge in [-0.3, -0.25) is 4.79 Å². The Hall–Kier alpha value is -1.07. The molecule has 1 aromatic heterocycles. The van der Waals surface area contributed by atoms with Crippen molar-refractivity contribution in [2.75, 3.05) is 6.54 Å². The van der Waals surface area contributed by atoms with Gasteiger partial charge in [-0.2, -0.15) is 0 Å². The summed E-state index contributed by atoms with van der Waals surface area (Å²) < 4.78 is 0. The van der Waals surface area contributed by atoms with Gasteiger partial charge < -0.3 is 10.4 Å². The maximum atomic E-state index is 12.5. The molecule has 1 fully saturated rings. The Morgan fingerprint density at radius 3 is 2.44 bits per heavy atom.